The van der Waals surface area contributed by atoms with Crippen LogP contribution in [-0.4, -0.2) is 52.8 Å². The number of benzene rings is 3. The van der Waals surface area contributed by atoms with E-state index in [1.54, 1.807) is 11.0 Å². The lowest BCUT2D eigenvalue weighted by Crippen LogP contribution is -2.52. The zero-order chi connectivity index (χ0) is 26.1. The van der Waals surface area contributed by atoms with Crippen LogP contribution in [0.3, 0.4) is 0 Å². The highest BCUT2D eigenvalue weighted by atomic mass is 16.5. The first-order chi connectivity index (χ1) is 18.6. The lowest BCUT2D eigenvalue weighted by molar-refractivity contribution is -0.136. The summed E-state index contributed by atoms with van der Waals surface area (Å²) in [5.41, 5.74) is 4.05. The molecule has 3 heterocycles. The highest BCUT2D eigenvalue weighted by Gasteiger charge is 2.39. The van der Waals surface area contributed by atoms with Gasteiger partial charge in [0.2, 0.25) is 11.8 Å². The van der Waals surface area contributed by atoms with E-state index in [4.69, 9.17) is 4.74 Å². The highest BCUT2D eigenvalue weighted by Crippen LogP contribution is 2.34. The second kappa shape index (κ2) is 10.4. The molecule has 38 heavy (non-hydrogen) atoms. The Morgan fingerprint density at radius 2 is 1.47 bits per heavy atom. The lowest BCUT2D eigenvalue weighted by Gasteiger charge is -2.38. The summed E-state index contributed by atoms with van der Waals surface area (Å²) in [6, 6.07) is 26.5. The van der Waals surface area contributed by atoms with Crippen molar-refractivity contribution in [3.63, 3.8) is 0 Å². The van der Waals surface area contributed by atoms with Gasteiger partial charge in [-0.2, -0.15) is 0 Å². The molecule has 7 heteroatoms. The normalized spacial score (nSPS) is 20.5. The van der Waals surface area contributed by atoms with Crippen LogP contribution in [0.25, 0.3) is 0 Å². The quantitative estimate of drug-likeness (QED) is 0.507. The van der Waals surface area contributed by atoms with E-state index < -0.39 is 11.9 Å². The van der Waals surface area contributed by atoms with Crippen molar-refractivity contribution in [1.82, 2.24) is 15.1 Å². The minimum absolute atomic E-state index is 0.0971. The van der Waals surface area contributed by atoms with Gasteiger partial charge in [0, 0.05) is 31.6 Å². The number of hydrogen-bond acceptors (Lipinski definition) is 5. The molecule has 0 bridgehead atoms. The van der Waals surface area contributed by atoms with Gasteiger partial charge in [0.1, 0.15) is 17.9 Å². The summed E-state index contributed by atoms with van der Waals surface area (Å²) >= 11 is 0. The number of imide groups is 1. The summed E-state index contributed by atoms with van der Waals surface area (Å²) in [4.78, 5) is 40.9. The summed E-state index contributed by atoms with van der Waals surface area (Å²) in [6.07, 6.45) is 2.53. The largest absolute Gasteiger partial charge is 0.490 e. The molecule has 3 aliphatic heterocycles. The molecule has 3 amide bonds. The standard InChI is InChI=1S/C31H31N3O4/c35-28-14-13-27(30(36)32-28)34-20-23-19-25(11-12-26(23)31(34)37)38-24-15-17-33(18-16-24)29(21-7-3-1-4-8-21)22-9-5-2-6-10-22/h1-12,19,24,27,29H,13-18,20H2,(H,32,35,36). The number of amides is 3. The number of rotatable bonds is 6. The Balaban J connectivity index is 1.11. The van der Waals surface area contributed by atoms with E-state index in [-0.39, 0.29) is 30.4 Å². The summed E-state index contributed by atoms with van der Waals surface area (Å²) in [5, 5.41) is 2.35. The molecule has 7 nitrogen and oxygen atoms in total. The van der Waals surface area contributed by atoms with Crippen molar-refractivity contribution >= 4 is 17.7 Å². The number of fused-ring (bicyclic) bond motifs is 1. The number of carbonyl (C=O) groups excluding carboxylic acids is 3. The molecule has 3 aromatic carbocycles. The fourth-order valence-corrected chi connectivity index (χ4v) is 5.95. The van der Waals surface area contributed by atoms with Crippen LogP contribution in [0.4, 0.5) is 0 Å². The molecule has 0 radical (unpaired) electrons. The zero-order valence-corrected chi connectivity index (χ0v) is 21.2. The Morgan fingerprint density at radius 1 is 0.816 bits per heavy atom. The molecule has 0 aliphatic carbocycles. The minimum atomic E-state index is -0.608. The molecule has 0 aromatic heterocycles. The minimum Gasteiger partial charge on any atom is -0.490 e. The van der Waals surface area contributed by atoms with Crippen LogP contribution in [0.2, 0.25) is 0 Å². The third kappa shape index (κ3) is 4.82. The smallest absolute Gasteiger partial charge is 0.255 e. The molecule has 1 N–H and O–H groups in total. The van der Waals surface area contributed by atoms with Gasteiger partial charge < -0.3 is 9.64 Å². The van der Waals surface area contributed by atoms with E-state index in [2.05, 4.69) is 70.9 Å². The van der Waals surface area contributed by atoms with Crippen LogP contribution in [0, 0.1) is 0 Å². The Morgan fingerprint density at radius 3 is 2.11 bits per heavy atom. The topological polar surface area (TPSA) is 79.0 Å². The van der Waals surface area contributed by atoms with Crippen molar-refractivity contribution in [3.05, 3.63) is 101 Å². The zero-order valence-electron chi connectivity index (χ0n) is 21.2. The van der Waals surface area contributed by atoms with Gasteiger partial charge in [0.15, 0.2) is 0 Å². The van der Waals surface area contributed by atoms with Crippen molar-refractivity contribution in [2.75, 3.05) is 13.1 Å². The van der Waals surface area contributed by atoms with Crippen molar-refractivity contribution < 1.29 is 19.1 Å². The first-order valence-corrected chi connectivity index (χ1v) is 13.3. The monoisotopic (exact) mass is 509 g/mol. The van der Waals surface area contributed by atoms with Gasteiger partial charge in [-0.05, 0) is 54.2 Å². The molecule has 2 fully saturated rings. The van der Waals surface area contributed by atoms with E-state index >= 15 is 0 Å². The first-order valence-electron chi connectivity index (χ1n) is 13.3. The Labute approximate surface area is 222 Å². The van der Waals surface area contributed by atoms with Crippen LogP contribution in [-0.2, 0) is 16.1 Å². The molecular formula is C31H31N3O4. The van der Waals surface area contributed by atoms with Gasteiger partial charge in [-0.1, -0.05) is 60.7 Å². The van der Waals surface area contributed by atoms with Crippen LogP contribution < -0.4 is 10.1 Å². The van der Waals surface area contributed by atoms with Gasteiger partial charge in [0.05, 0.1) is 6.04 Å². The molecule has 0 saturated carbocycles. The van der Waals surface area contributed by atoms with E-state index in [9.17, 15) is 14.4 Å². The molecule has 3 aromatic rings. The van der Waals surface area contributed by atoms with Crippen LogP contribution in [0.5, 0.6) is 5.75 Å². The number of likely N-dealkylation sites (tertiary alicyclic amines) is 1. The van der Waals surface area contributed by atoms with E-state index in [1.807, 2.05) is 12.1 Å². The molecule has 0 spiro atoms. The van der Waals surface area contributed by atoms with Gasteiger partial charge in [-0.15, -0.1) is 0 Å². The average molecular weight is 510 g/mol. The molecule has 6 rings (SSSR count). The maximum absolute atomic E-state index is 13.0. The van der Waals surface area contributed by atoms with Gasteiger partial charge in [-0.25, -0.2) is 0 Å². The number of piperidine rings is 2. The number of ether oxygens (including phenoxy) is 1. The summed E-state index contributed by atoms with van der Waals surface area (Å²) in [7, 11) is 0. The SMILES string of the molecule is O=C1CCC(N2Cc3cc(OC4CCN(C(c5ccccc5)c5ccccc5)CC4)ccc3C2=O)C(=O)N1. The third-order valence-corrected chi connectivity index (χ3v) is 7.87. The van der Waals surface area contributed by atoms with Crippen molar-refractivity contribution in [1.29, 1.82) is 0 Å². The van der Waals surface area contributed by atoms with Gasteiger partial charge in [-0.3, -0.25) is 24.6 Å². The van der Waals surface area contributed by atoms with E-state index in [0.29, 0.717) is 18.5 Å². The van der Waals surface area contributed by atoms with E-state index in [0.717, 1.165) is 37.2 Å². The van der Waals surface area contributed by atoms with Gasteiger partial charge >= 0.3 is 0 Å². The highest BCUT2D eigenvalue weighted by molar-refractivity contribution is 6.05. The number of hydrogen-bond donors (Lipinski definition) is 1. The number of nitrogens with zero attached hydrogens (tertiary/aromatic N) is 2. The van der Waals surface area contributed by atoms with Crippen molar-refractivity contribution in [2.45, 2.75) is 50.4 Å². The predicted molar refractivity (Wildman–Crippen MR) is 142 cm³/mol. The maximum Gasteiger partial charge on any atom is 0.255 e. The predicted octanol–water partition coefficient (Wildman–Crippen LogP) is 4.08. The molecule has 1 atom stereocenters. The summed E-state index contributed by atoms with van der Waals surface area (Å²) in [6.45, 7) is 2.20. The maximum atomic E-state index is 13.0. The number of carbonyl (C=O) groups is 3. The fraction of sp³-hybridized carbons (Fsp3) is 0.323. The summed E-state index contributed by atoms with van der Waals surface area (Å²) in [5.74, 6) is -0.0871. The fourth-order valence-electron chi connectivity index (χ4n) is 5.95. The van der Waals surface area contributed by atoms with Crippen LogP contribution in [0.1, 0.15) is 58.8 Å². The van der Waals surface area contributed by atoms with E-state index in [1.165, 1.54) is 11.1 Å². The molecular weight excluding hydrogens is 478 g/mol. The van der Waals surface area contributed by atoms with Crippen molar-refractivity contribution in [2.24, 2.45) is 0 Å². The van der Waals surface area contributed by atoms with Crippen LogP contribution >= 0.6 is 0 Å². The number of nitrogens with one attached hydrogen (secondary N) is 1. The molecule has 1 unspecified atom stereocenters. The third-order valence-electron chi connectivity index (χ3n) is 7.87. The van der Waals surface area contributed by atoms with Gasteiger partial charge in [0.25, 0.3) is 5.91 Å². The first kappa shape index (κ1) is 24.4. The second-order valence-corrected chi connectivity index (χ2v) is 10.3. The molecule has 3 aliphatic rings. The molecule has 194 valence electrons. The van der Waals surface area contributed by atoms with Crippen molar-refractivity contribution in [3.8, 4) is 5.75 Å². The molecule has 2 saturated heterocycles. The Kier molecular flexibility index (Phi) is 6.68. The Bertz CT molecular complexity index is 1300. The summed E-state index contributed by atoms with van der Waals surface area (Å²) < 4.78 is 6.39. The second-order valence-electron chi connectivity index (χ2n) is 10.3. The lowest BCUT2D eigenvalue weighted by atomic mass is 9.94. The average Bonchev–Trinajstić information content (AvgIpc) is 3.26. The van der Waals surface area contributed by atoms with Crippen LogP contribution in [0.15, 0.2) is 78.9 Å². The Hall–Kier alpha value is -3.97.